The quantitative estimate of drug-likeness (QED) is 0.516. The van der Waals surface area contributed by atoms with Gasteiger partial charge in [0, 0.05) is 32.5 Å². The van der Waals surface area contributed by atoms with Crippen LogP contribution in [0.4, 0.5) is 11.4 Å². The fraction of sp³-hybridized carbons (Fsp3) is 0. The van der Waals surface area contributed by atoms with Crippen molar-refractivity contribution in [3.8, 4) is 0 Å². The largest absolute Gasteiger partial charge is 0.398 e. The van der Waals surface area contributed by atoms with Crippen LogP contribution in [0.2, 0.25) is 10.0 Å². The van der Waals surface area contributed by atoms with Crippen molar-refractivity contribution < 1.29 is 0 Å². The van der Waals surface area contributed by atoms with E-state index in [9.17, 15) is 0 Å². The molecule has 0 aliphatic rings. The van der Waals surface area contributed by atoms with E-state index >= 15 is 0 Å². The van der Waals surface area contributed by atoms with E-state index in [0.29, 0.717) is 21.4 Å². The highest BCUT2D eigenvalue weighted by Crippen LogP contribution is 2.17. The molecule has 2 aromatic carbocycles. The van der Waals surface area contributed by atoms with Crippen LogP contribution in [0.3, 0.4) is 0 Å². The Morgan fingerprint density at radius 2 is 1.15 bits per heavy atom. The molecule has 0 saturated carbocycles. The normalized spacial score (nSPS) is 11.5. The van der Waals surface area contributed by atoms with Gasteiger partial charge in [0.15, 0.2) is 0 Å². The predicted molar refractivity (Wildman–Crippen MR) is 86.9 cm³/mol. The third kappa shape index (κ3) is 3.73. The Balaban J connectivity index is 2.11. The zero-order chi connectivity index (χ0) is 14.5. The van der Waals surface area contributed by atoms with Crippen molar-refractivity contribution in [1.82, 2.24) is 0 Å². The summed E-state index contributed by atoms with van der Waals surface area (Å²) in [5.74, 6) is 0. The molecule has 0 aromatic heterocycles. The molecular formula is C14H12Cl2N4. The fourth-order valence-electron chi connectivity index (χ4n) is 1.52. The summed E-state index contributed by atoms with van der Waals surface area (Å²) in [6, 6.07) is 10.3. The van der Waals surface area contributed by atoms with E-state index < -0.39 is 0 Å². The molecule has 2 rings (SSSR count). The second-order valence-corrected chi connectivity index (χ2v) is 4.91. The zero-order valence-electron chi connectivity index (χ0n) is 10.4. The lowest BCUT2D eigenvalue weighted by molar-refractivity contribution is 1.26. The van der Waals surface area contributed by atoms with Crippen LogP contribution in [0, 0.1) is 0 Å². The average Bonchev–Trinajstić information content (AvgIpc) is 2.39. The summed E-state index contributed by atoms with van der Waals surface area (Å²) in [4.78, 5) is 0. The van der Waals surface area contributed by atoms with Gasteiger partial charge in [0.25, 0.3) is 0 Å². The van der Waals surface area contributed by atoms with E-state index in [1.165, 1.54) is 0 Å². The monoisotopic (exact) mass is 306 g/mol. The van der Waals surface area contributed by atoms with Gasteiger partial charge in [-0.15, -0.1) is 0 Å². The van der Waals surface area contributed by atoms with Crippen molar-refractivity contribution in [3.05, 3.63) is 57.6 Å². The summed E-state index contributed by atoms with van der Waals surface area (Å²) in [7, 11) is 0. The van der Waals surface area contributed by atoms with Crippen LogP contribution in [-0.2, 0) is 0 Å². The van der Waals surface area contributed by atoms with Gasteiger partial charge in [0.1, 0.15) is 0 Å². The van der Waals surface area contributed by atoms with Gasteiger partial charge in [0.2, 0.25) is 0 Å². The molecule has 0 saturated heterocycles. The smallest absolute Gasteiger partial charge is 0.0588 e. The summed E-state index contributed by atoms with van der Waals surface area (Å²) in [5, 5.41) is 9.01. The van der Waals surface area contributed by atoms with Crippen LogP contribution in [0.5, 0.6) is 0 Å². The van der Waals surface area contributed by atoms with Gasteiger partial charge < -0.3 is 11.5 Å². The Kier molecular flexibility index (Phi) is 4.61. The second-order valence-electron chi connectivity index (χ2n) is 4.04. The Morgan fingerprint density at radius 3 is 1.50 bits per heavy atom. The van der Waals surface area contributed by atoms with Crippen molar-refractivity contribution in [2.24, 2.45) is 10.2 Å². The van der Waals surface area contributed by atoms with E-state index in [0.717, 1.165) is 11.1 Å². The molecule has 4 nitrogen and oxygen atoms in total. The van der Waals surface area contributed by atoms with Gasteiger partial charge in [-0.2, -0.15) is 10.2 Å². The number of hydrogen-bond acceptors (Lipinski definition) is 4. The predicted octanol–water partition coefficient (Wildman–Crippen LogP) is 3.61. The lowest BCUT2D eigenvalue weighted by atomic mass is 10.2. The summed E-state index contributed by atoms with van der Waals surface area (Å²) in [5.41, 5.74) is 14.2. The highest BCUT2D eigenvalue weighted by atomic mass is 35.5. The molecule has 2 aromatic rings. The van der Waals surface area contributed by atoms with E-state index in [-0.39, 0.29) is 0 Å². The number of benzene rings is 2. The van der Waals surface area contributed by atoms with Crippen molar-refractivity contribution in [2.45, 2.75) is 0 Å². The first-order valence-corrected chi connectivity index (χ1v) is 6.48. The number of nitrogens with zero attached hydrogens (tertiary/aromatic N) is 2. The summed E-state index contributed by atoms with van der Waals surface area (Å²) >= 11 is 11.6. The van der Waals surface area contributed by atoms with Gasteiger partial charge >= 0.3 is 0 Å². The minimum absolute atomic E-state index is 0.544. The van der Waals surface area contributed by atoms with Gasteiger partial charge in [-0.25, -0.2) is 0 Å². The second kappa shape index (κ2) is 6.41. The maximum absolute atomic E-state index is 5.81. The fourth-order valence-corrected chi connectivity index (χ4v) is 1.88. The average molecular weight is 307 g/mol. The molecule has 0 spiro atoms. The van der Waals surface area contributed by atoms with Crippen molar-refractivity contribution in [2.75, 3.05) is 11.5 Å². The maximum atomic E-state index is 5.81. The molecule has 4 N–H and O–H groups in total. The van der Waals surface area contributed by atoms with Crippen LogP contribution < -0.4 is 11.5 Å². The Bertz CT molecular complexity index is 621. The summed E-state index contributed by atoms with van der Waals surface area (Å²) in [6.07, 6.45) is 3.10. The lowest BCUT2D eigenvalue weighted by Gasteiger charge is -1.99. The van der Waals surface area contributed by atoms with Crippen molar-refractivity contribution >= 4 is 47.0 Å². The Morgan fingerprint density at radius 1 is 0.750 bits per heavy atom. The molecule has 0 radical (unpaired) electrons. The third-order valence-electron chi connectivity index (χ3n) is 2.56. The van der Waals surface area contributed by atoms with Gasteiger partial charge in [0.05, 0.1) is 12.4 Å². The van der Waals surface area contributed by atoms with Crippen molar-refractivity contribution in [1.29, 1.82) is 0 Å². The minimum atomic E-state index is 0.544. The summed E-state index contributed by atoms with van der Waals surface area (Å²) in [6.45, 7) is 0. The maximum Gasteiger partial charge on any atom is 0.0588 e. The SMILES string of the molecule is Nc1cc(Cl)ccc1/C=N\N=C/c1ccc(Cl)cc1N. The molecule has 0 heterocycles. The molecule has 0 aliphatic heterocycles. The Hall–Kier alpha value is -2.04. The number of rotatable bonds is 3. The highest BCUT2D eigenvalue weighted by molar-refractivity contribution is 6.31. The molecule has 102 valence electrons. The molecule has 0 aliphatic carbocycles. The summed E-state index contributed by atoms with van der Waals surface area (Å²) < 4.78 is 0. The zero-order valence-corrected chi connectivity index (χ0v) is 11.9. The third-order valence-corrected chi connectivity index (χ3v) is 3.03. The van der Waals surface area contributed by atoms with E-state index in [1.54, 1.807) is 48.8 Å². The highest BCUT2D eigenvalue weighted by Gasteiger charge is 1.97. The molecule has 0 bridgehead atoms. The topological polar surface area (TPSA) is 76.8 Å². The van der Waals surface area contributed by atoms with Crippen LogP contribution in [-0.4, -0.2) is 12.4 Å². The van der Waals surface area contributed by atoms with Crippen molar-refractivity contribution in [3.63, 3.8) is 0 Å². The van der Waals surface area contributed by atoms with Crippen LogP contribution in [0.25, 0.3) is 0 Å². The number of nitrogen functional groups attached to an aromatic ring is 2. The number of halogens is 2. The van der Waals surface area contributed by atoms with Crippen LogP contribution >= 0.6 is 23.2 Å². The van der Waals surface area contributed by atoms with Gasteiger partial charge in [-0.3, -0.25) is 0 Å². The lowest BCUT2D eigenvalue weighted by Crippen LogP contribution is -1.93. The molecular weight excluding hydrogens is 295 g/mol. The molecule has 20 heavy (non-hydrogen) atoms. The van der Waals surface area contributed by atoms with Gasteiger partial charge in [-0.05, 0) is 36.4 Å². The number of hydrogen-bond donors (Lipinski definition) is 2. The molecule has 0 fully saturated rings. The minimum Gasteiger partial charge on any atom is -0.398 e. The first-order valence-electron chi connectivity index (χ1n) is 5.73. The van der Waals surface area contributed by atoms with E-state index in [4.69, 9.17) is 34.7 Å². The molecule has 0 unspecified atom stereocenters. The number of nitrogens with two attached hydrogens (primary N) is 2. The van der Waals surface area contributed by atoms with Gasteiger partial charge in [-0.1, -0.05) is 23.2 Å². The standard InChI is InChI=1S/C14H12Cl2N4/c15-11-3-1-9(13(17)5-11)7-19-20-8-10-2-4-12(16)6-14(10)18/h1-8H,17-18H2/b19-7-,20-8-. The number of anilines is 2. The first kappa shape index (κ1) is 14.4. The molecule has 0 amide bonds. The Labute approximate surface area is 126 Å². The van der Waals surface area contributed by atoms with Crippen LogP contribution in [0.15, 0.2) is 46.6 Å². The molecule has 0 atom stereocenters. The van der Waals surface area contributed by atoms with E-state index in [1.807, 2.05) is 0 Å². The van der Waals surface area contributed by atoms with Crippen LogP contribution in [0.1, 0.15) is 11.1 Å². The first-order chi connectivity index (χ1) is 9.56. The van der Waals surface area contributed by atoms with E-state index in [2.05, 4.69) is 10.2 Å². The molecule has 6 heteroatoms.